The van der Waals surface area contributed by atoms with E-state index in [2.05, 4.69) is 15.3 Å². The normalized spacial score (nSPS) is 10.9. The summed E-state index contributed by atoms with van der Waals surface area (Å²) >= 11 is 11.7. The highest BCUT2D eigenvalue weighted by Gasteiger charge is 2.14. The summed E-state index contributed by atoms with van der Waals surface area (Å²) in [6.07, 6.45) is 1.52. The Labute approximate surface area is 126 Å². The van der Waals surface area contributed by atoms with Gasteiger partial charge in [-0.3, -0.25) is 4.79 Å². The van der Waals surface area contributed by atoms with Gasteiger partial charge in [-0.2, -0.15) is 0 Å². The average Bonchev–Trinajstić information content (AvgIpc) is 2.76. The fourth-order valence-corrected chi connectivity index (χ4v) is 2.15. The first-order valence-electron chi connectivity index (χ1n) is 5.98. The molecule has 1 amide bonds. The van der Waals surface area contributed by atoms with Crippen LogP contribution in [0.4, 0.5) is 0 Å². The maximum Gasteiger partial charge on any atom is 0.240 e. The second kappa shape index (κ2) is 6.88. The summed E-state index contributed by atoms with van der Waals surface area (Å²) in [6.45, 7) is 1.03. The zero-order valence-corrected chi connectivity index (χ0v) is 12.4. The number of carbonyl (C=O) groups is 1. The van der Waals surface area contributed by atoms with Gasteiger partial charge in [0.1, 0.15) is 17.9 Å². The van der Waals surface area contributed by atoms with E-state index in [0.717, 1.165) is 0 Å². The molecule has 0 fully saturated rings. The summed E-state index contributed by atoms with van der Waals surface area (Å²) in [5.74, 6) is 0.627. The lowest BCUT2D eigenvalue weighted by molar-refractivity contribution is -0.121. The molecule has 0 spiro atoms. The van der Waals surface area contributed by atoms with E-state index in [9.17, 15) is 4.79 Å². The molecule has 8 heteroatoms. The number of imidazole rings is 1. The highest BCUT2D eigenvalue weighted by molar-refractivity contribution is 6.31. The van der Waals surface area contributed by atoms with Crippen molar-refractivity contribution in [3.63, 3.8) is 0 Å². The van der Waals surface area contributed by atoms with Gasteiger partial charge in [-0.05, 0) is 6.07 Å². The number of amides is 1. The molecule has 6 nitrogen and oxygen atoms in total. The van der Waals surface area contributed by atoms with Crippen LogP contribution in [0.2, 0.25) is 5.02 Å². The quantitative estimate of drug-likeness (QED) is 0.649. The number of hydrogen-bond donors (Lipinski definition) is 1. The number of rotatable bonds is 6. The smallest absolute Gasteiger partial charge is 0.240 e. The molecule has 0 aliphatic heterocycles. The Bertz CT molecular complexity index is 615. The van der Waals surface area contributed by atoms with E-state index in [1.807, 2.05) is 0 Å². The summed E-state index contributed by atoms with van der Waals surface area (Å²) in [6, 6.07) is 1.69. The van der Waals surface area contributed by atoms with Crippen LogP contribution in [0.3, 0.4) is 0 Å². The Morgan fingerprint density at radius 1 is 1.55 bits per heavy atom. The van der Waals surface area contributed by atoms with Crippen LogP contribution in [-0.4, -0.2) is 40.7 Å². The van der Waals surface area contributed by atoms with E-state index in [0.29, 0.717) is 35.2 Å². The van der Waals surface area contributed by atoms with E-state index >= 15 is 0 Å². The van der Waals surface area contributed by atoms with Gasteiger partial charge in [-0.1, -0.05) is 11.6 Å². The van der Waals surface area contributed by atoms with Crippen LogP contribution < -0.4 is 5.32 Å². The molecule has 0 saturated heterocycles. The zero-order valence-electron chi connectivity index (χ0n) is 10.9. The summed E-state index contributed by atoms with van der Waals surface area (Å²) in [4.78, 5) is 20.4. The fraction of sp³-hybridized carbons (Fsp3) is 0.417. The van der Waals surface area contributed by atoms with Gasteiger partial charge in [-0.25, -0.2) is 9.97 Å². The summed E-state index contributed by atoms with van der Waals surface area (Å²) < 4.78 is 6.56. The topological polar surface area (TPSA) is 69.0 Å². The van der Waals surface area contributed by atoms with Crippen LogP contribution in [-0.2, 0) is 22.0 Å². The first-order chi connectivity index (χ1) is 9.65. The fourth-order valence-electron chi connectivity index (χ4n) is 1.79. The molecule has 0 aromatic carbocycles. The molecule has 0 atom stereocenters. The summed E-state index contributed by atoms with van der Waals surface area (Å²) in [7, 11) is 1.58. The van der Waals surface area contributed by atoms with Crippen LogP contribution in [0.25, 0.3) is 11.2 Å². The van der Waals surface area contributed by atoms with Crippen molar-refractivity contribution in [2.45, 2.75) is 12.4 Å². The van der Waals surface area contributed by atoms with Gasteiger partial charge in [0.2, 0.25) is 5.91 Å². The molecule has 2 heterocycles. The number of fused-ring (bicyclic) bond motifs is 1. The third kappa shape index (κ3) is 3.39. The number of hydrogen-bond acceptors (Lipinski definition) is 4. The van der Waals surface area contributed by atoms with Crippen molar-refractivity contribution in [3.8, 4) is 0 Å². The third-order valence-electron chi connectivity index (χ3n) is 2.68. The molecular formula is C12H14Cl2N4O2. The Balaban J connectivity index is 2.21. The molecule has 0 aliphatic carbocycles. The van der Waals surface area contributed by atoms with Crippen molar-refractivity contribution in [2.75, 3.05) is 20.3 Å². The van der Waals surface area contributed by atoms with Crippen molar-refractivity contribution in [3.05, 3.63) is 23.1 Å². The van der Waals surface area contributed by atoms with Crippen molar-refractivity contribution < 1.29 is 9.53 Å². The second-order valence-corrected chi connectivity index (χ2v) is 4.79. The van der Waals surface area contributed by atoms with Gasteiger partial charge < -0.3 is 14.6 Å². The van der Waals surface area contributed by atoms with Crippen LogP contribution in [0, 0.1) is 0 Å². The summed E-state index contributed by atoms with van der Waals surface area (Å²) in [5.41, 5.74) is 1.21. The Morgan fingerprint density at radius 3 is 3.05 bits per heavy atom. The Hall–Kier alpha value is -1.37. The maximum atomic E-state index is 11.9. The second-order valence-electron chi connectivity index (χ2n) is 4.09. The zero-order chi connectivity index (χ0) is 14.5. The van der Waals surface area contributed by atoms with Crippen molar-refractivity contribution in [2.24, 2.45) is 0 Å². The monoisotopic (exact) mass is 316 g/mol. The SMILES string of the molecule is COCCNC(=O)Cn1c(CCl)nc2cc(Cl)cnc21. The van der Waals surface area contributed by atoms with E-state index < -0.39 is 0 Å². The molecule has 20 heavy (non-hydrogen) atoms. The molecule has 2 rings (SSSR count). The standard InChI is InChI=1S/C12H14Cl2N4O2/c1-20-3-2-15-11(19)7-18-10(5-13)17-9-4-8(14)6-16-12(9)18/h4,6H,2-3,5,7H2,1H3,(H,15,19). The first-order valence-corrected chi connectivity index (χ1v) is 6.89. The molecule has 0 aliphatic rings. The van der Waals surface area contributed by atoms with E-state index in [-0.39, 0.29) is 18.3 Å². The molecule has 0 radical (unpaired) electrons. The number of halogens is 2. The molecule has 108 valence electrons. The minimum Gasteiger partial charge on any atom is -0.383 e. The van der Waals surface area contributed by atoms with Gasteiger partial charge in [0.05, 0.1) is 17.5 Å². The van der Waals surface area contributed by atoms with Gasteiger partial charge in [0, 0.05) is 19.9 Å². The number of nitrogens with one attached hydrogen (secondary N) is 1. The molecular weight excluding hydrogens is 303 g/mol. The lowest BCUT2D eigenvalue weighted by Gasteiger charge is -2.08. The molecule has 1 N–H and O–H groups in total. The third-order valence-corrected chi connectivity index (χ3v) is 3.13. The minimum atomic E-state index is -0.149. The highest BCUT2D eigenvalue weighted by Crippen LogP contribution is 2.18. The van der Waals surface area contributed by atoms with Gasteiger partial charge in [0.15, 0.2) is 5.65 Å². The number of methoxy groups -OCH3 is 1. The number of pyridine rings is 1. The Kier molecular flexibility index (Phi) is 5.17. The Morgan fingerprint density at radius 2 is 2.35 bits per heavy atom. The minimum absolute atomic E-state index is 0.108. The van der Waals surface area contributed by atoms with Crippen LogP contribution in [0.5, 0.6) is 0 Å². The number of alkyl halides is 1. The number of nitrogens with zero attached hydrogens (tertiary/aromatic N) is 3. The van der Waals surface area contributed by atoms with E-state index in [4.69, 9.17) is 27.9 Å². The van der Waals surface area contributed by atoms with Crippen LogP contribution in [0.15, 0.2) is 12.3 Å². The number of ether oxygens (including phenoxy) is 1. The van der Waals surface area contributed by atoms with E-state index in [1.165, 1.54) is 6.20 Å². The number of aromatic nitrogens is 3. The average molecular weight is 317 g/mol. The summed E-state index contributed by atoms with van der Waals surface area (Å²) in [5, 5.41) is 3.23. The predicted molar refractivity (Wildman–Crippen MR) is 77.0 cm³/mol. The van der Waals surface area contributed by atoms with E-state index in [1.54, 1.807) is 17.7 Å². The van der Waals surface area contributed by atoms with Gasteiger partial charge >= 0.3 is 0 Å². The van der Waals surface area contributed by atoms with Crippen LogP contribution >= 0.6 is 23.2 Å². The molecule has 2 aromatic heterocycles. The lowest BCUT2D eigenvalue weighted by Crippen LogP contribution is -2.30. The molecule has 0 saturated carbocycles. The van der Waals surface area contributed by atoms with Gasteiger partial charge in [-0.15, -0.1) is 11.6 Å². The number of carbonyl (C=O) groups excluding carboxylic acids is 1. The van der Waals surface area contributed by atoms with Crippen molar-refractivity contribution >= 4 is 40.3 Å². The molecule has 0 bridgehead atoms. The first kappa shape index (κ1) is 15.0. The van der Waals surface area contributed by atoms with Crippen molar-refractivity contribution in [1.29, 1.82) is 0 Å². The predicted octanol–water partition coefficient (Wildman–Crippen LogP) is 1.59. The molecule has 0 unspecified atom stereocenters. The van der Waals surface area contributed by atoms with Crippen LogP contribution in [0.1, 0.15) is 5.82 Å². The lowest BCUT2D eigenvalue weighted by atomic mass is 10.4. The maximum absolute atomic E-state index is 11.9. The molecule has 2 aromatic rings. The van der Waals surface area contributed by atoms with Crippen molar-refractivity contribution in [1.82, 2.24) is 19.9 Å². The van der Waals surface area contributed by atoms with Gasteiger partial charge in [0.25, 0.3) is 0 Å². The highest BCUT2D eigenvalue weighted by atomic mass is 35.5. The largest absolute Gasteiger partial charge is 0.383 e.